The monoisotopic (exact) mass is 963 g/mol. The van der Waals surface area contributed by atoms with Crippen LogP contribution in [-0.4, -0.2) is 169 Å². The number of carbonyl (C=O) groups excluding carboxylic acids is 8. The van der Waals surface area contributed by atoms with Crippen LogP contribution in [0.1, 0.15) is 77.2 Å². The predicted octanol–water partition coefficient (Wildman–Crippen LogP) is -2.62. The van der Waals surface area contributed by atoms with Crippen LogP contribution in [0, 0.1) is 5.92 Å². The Kier molecular flexibility index (Phi) is 21.3. The van der Waals surface area contributed by atoms with Gasteiger partial charge in [-0.3, -0.25) is 47.9 Å². The highest BCUT2D eigenvalue weighted by Gasteiger charge is 2.42. The number of carbonyl (C=O) groups is 11. The van der Waals surface area contributed by atoms with Gasteiger partial charge in [0.1, 0.15) is 48.0 Å². The topological polar surface area (TPSA) is 387 Å². The predicted molar refractivity (Wildman–Crippen MR) is 237 cm³/mol. The minimum atomic E-state index is -1.82. The molecule has 24 nitrogen and oxygen atoms in total. The van der Waals surface area contributed by atoms with Gasteiger partial charge < -0.3 is 68.3 Å². The third-order valence-corrected chi connectivity index (χ3v) is 11.6. The molecule has 8 amide bonds. The number of likely N-dealkylation sites (tertiary alicyclic amines) is 2. The summed E-state index contributed by atoms with van der Waals surface area (Å²) in [5, 5.41) is 50.6. The molecule has 1 aromatic carbocycles. The van der Waals surface area contributed by atoms with Gasteiger partial charge in [-0.1, -0.05) is 26.0 Å². The summed E-state index contributed by atoms with van der Waals surface area (Å²) in [7, 11) is 0. The van der Waals surface area contributed by atoms with Crippen LogP contribution in [0.5, 0.6) is 5.75 Å². The molecule has 13 N–H and O–H groups in total. The van der Waals surface area contributed by atoms with Crippen LogP contribution in [0.4, 0.5) is 0 Å². The first-order valence-corrected chi connectivity index (χ1v) is 23.0. The van der Waals surface area contributed by atoms with E-state index < -0.39 is 133 Å². The number of hydrogen-bond acceptors (Lipinski definition) is 14. The van der Waals surface area contributed by atoms with E-state index in [0.29, 0.717) is 17.7 Å². The number of nitrogens with two attached hydrogens (primary N) is 2. The van der Waals surface area contributed by atoms with E-state index in [-0.39, 0.29) is 63.3 Å². The van der Waals surface area contributed by atoms with E-state index in [1.807, 2.05) is 0 Å². The fourth-order valence-electron chi connectivity index (χ4n) is 7.70. The van der Waals surface area contributed by atoms with E-state index >= 15 is 0 Å². The van der Waals surface area contributed by atoms with Gasteiger partial charge in [0.15, 0.2) is 0 Å². The Bertz CT molecular complexity index is 2010. The van der Waals surface area contributed by atoms with Crippen molar-refractivity contribution in [3.05, 3.63) is 29.8 Å². The zero-order chi connectivity index (χ0) is 50.1. The molecule has 0 bridgehead atoms. The molecule has 2 aliphatic rings. The number of amides is 8. The number of rotatable bonds is 26. The van der Waals surface area contributed by atoms with Crippen LogP contribution in [0.25, 0.3) is 0 Å². The van der Waals surface area contributed by atoms with Gasteiger partial charge in [0.25, 0.3) is 0 Å². The van der Waals surface area contributed by atoms with Crippen molar-refractivity contribution in [2.24, 2.45) is 17.4 Å². The highest BCUT2D eigenvalue weighted by atomic mass is 32.2. The number of carboxylic acids is 3. The molecule has 3 rings (SSSR count). The first-order valence-electron chi connectivity index (χ1n) is 21.6. The number of benzene rings is 1. The van der Waals surface area contributed by atoms with E-state index in [1.54, 1.807) is 20.1 Å². The molecular formula is C42H61N9O15S. The number of phenolic OH excluding ortho intramolecular Hbond substituents is 1. The summed E-state index contributed by atoms with van der Waals surface area (Å²) in [6.07, 6.45) is -0.0751. The Morgan fingerprint density at radius 2 is 1.18 bits per heavy atom. The number of phenols is 1. The smallest absolute Gasteiger partial charge is 0.326 e. The summed E-state index contributed by atoms with van der Waals surface area (Å²) in [6.45, 7) is 3.40. The first kappa shape index (κ1) is 54.8. The van der Waals surface area contributed by atoms with Gasteiger partial charge in [0.05, 0.1) is 25.3 Å². The molecule has 25 heteroatoms. The third kappa shape index (κ3) is 17.0. The van der Waals surface area contributed by atoms with Crippen molar-refractivity contribution in [2.75, 3.05) is 25.1 Å². The Morgan fingerprint density at radius 3 is 1.73 bits per heavy atom. The Hall–Kier alpha value is -6.50. The van der Waals surface area contributed by atoms with Crippen molar-refractivity contribution in [2.45, 2.75) is 126 Å². The number of carboxylic acid groups (broad SMARTS) is 3. The van der Waals surface area contributed by atoms with Gasteiger partial charge in [-0.05, 0) is 74.1 Å². The summed E-state index contributed by atoms with van der Waals surface area (Å²) in [5.41, 5.74) is 11.6. The number of aromatic hydroxyl groups is 1. The quantitative estimate of drug-likeness (QED) is 0.0453. The summed E-state index contributed by atoms with van der Waals surface area (Å²) < 4.78 is 0. The van der Waals surface area contributed by atoms with Gasteiger partial charge >= 0.3 is 17.9 Å². The van der Waals surface area contributed by atoms with Crippen molar-refractivity contribution < 1.29 is 73.2 Å². The number of aliphatic carboxylic acids is 3. The van der Waals surface area contributed by atoms with Crippen LogP contribution in [0.3, 0.4) is 0 Å². The summed E-state index contributed by atoms with van der Waals surface area (Å²) >= 11 is 1.34. The number of hydrogen-bond donors (Lipinski definition) is 11. The molecule has 370 valence electrons. The van der Waals surface area contributed by atoms with E-state index in [2.05, 4.69) is 26.6 Å². The van der Waals surface area contributed by atoms with Crippen molar-refractivity contribution in [3.8, 4) is 5.75 Å². The van der Waals surface area contributed by atoms with Crippen LogP contribution in [0.2, 0.25) is 0 Å². The fraction of sp³-hybridized carbons (Fsp3) is 0.595. The first-order chi connectivity index (χ1) is 31.5. The number of primary amides is 1. The van der Waals surface area contributed by atoms with Crippen molar-refractivity contribution in [1.29, 1.82) is 0 Å². The molecular weight excluding hydrogens is 903 g/mol. The molecule has 0 radical (unpaired) electrons. The molecule has 0 aromatic heterocycles. The van der Waals surface area contributed by atoms with Gasteiger partial charge in [-0.2, -0.15) is 11.8 Å². The Labute approximate surface area is 390 Å². The van der Waals surface area contributed by atoms with Gasteiger partial charge in [-0.15, -0.1) is 0 Å². The van der Waals surface area contributed by atoms with Crippen LogP contribution in [0.15, 0.2) is 24.3 Å². The average Bonchev–Trinajstić information content (AvgIpc) is 3.95. The molecule has 0 aliphatic carbocycles. The second-order valence-corrected chi connectivity index (χ2v) is 17.8. The van der Waals surface area contributed by atoms with Crippen molar-refractivity contribution >= 4 is 76.9 Å². The van der Waals surface area contributed by atoms with Crippen molar-refractivity contribution in [3.63, 3.8) is 0 Å². The second-order valence-electron chi connectivity index (χ2n) is 16.8. The van der Waals surface area contributed by atoms with E-state index in [9.17, 15) is 68.1 Å². The summed E-state index contributed by atoms with van der Waals surface area (Å²) in [6, 6.07) is -5.88. The number of nitrogens with one attached hydrogen (secondary N) is 5. The summed E-state index contributed by atoms with van der Waals surface area (Å²) in [5.74, 6) is -11.7. The lowest BCUT2D eigenvalue weighted by molar-refractivity contribution is -0.149. The lowest BCUT2D eigenvalue weighted by Crippen LogP contribution is -2.60. The zero-order valence-electron chi connectivity index (χ0n) is 37.4. The molecule has 0 spiro atoms. The molecule has 1 aromatic rings. The lowest BCUT2D eigenvalue weighted by atomic mass is 10.0. The van der Waals surface area contributed by atoms with E-state index in [4.69, 9.17) is 16.6 Å². The van der Waals surface area contributed by atoms with Crippen LogP contribution < -0.4 is 38.1 Å². The highest BCUT2D eigenvalue weighted by molar-refractivity contribution is 7.98. The Balaban J connectivity index is 1.87. The minimum Gasteiger partial charge on any atom is -0.508 e. The SMILES string of the molecule is CSCC[C@H](NC(=O)[C@@H](N)CC(=O)O)C(=O)N[C@@H](Cc1ccc(O)cc1)C(=O)N1CCC[C@H]1C(=O)N[C@@H](CC(=O)O)C(=O)N[C@@H](CC(C)C)C(=O)N[C@@H](CC(N)=O)C(=O)N1CCC[C@H]1C(=O)O. The van der Waals surface area contributed by atoms with Crippen LogP contribution >= 0.6 is 11.8 Å². The molecule has 8 atom stereocenters. The molecule has 2 heterocycles. The maximum Gasteiger partial charge on any atom is 0.326 e. The van der Waals surface area contributed by atoms with Crippen LogP contribution in [-0.2, 0) is 59.2 Å². The van der Waals surface area contributed by atoms with E-state index in [0.717, 1.165) is 9.80 Å². The fourth-order valence-corrected chi connectivity index (χ4v) is 8.17. The number of thioether (sulfide) groups is 1. The molecule has 2 aliphatic heterocycles. The maximum absolute atomic E-state index is 14.4. The molecule has 2 saturated heterocycles. The molecule has 2 fully saturated rings. The second kappa shape index (κ2) is 26.0. The van der Waals surface area contributed by atoms with Gasteiger partial charge in [-0.25, -0.2) is 4.79 Å². The summed E-state index contributed by atoms with van der Waals surface area (Å²) in [4.78, 5) is 145. The van der Waals surface area contributed by atoms with E-state index in [1.165, 1.54) is 36.0 Å². The van der Waals surface area contributed by atoms with Gasteiger partial charge in [0, 0.05) is 19.5 Å². The van der Waals surface area contributed by atoms with Gasteiger partial charge in [0.2, 0.25) is 47.3 Å². The normalized spacial score (nSPS) is 18.3. The third-order valence-electron chi connectivity index (χ3n) is 11.0. The molecule has 67 heavy (non-hydrogen) atoms. The lowest BCUT2D eigenvalue weighted by Gasteiger charge is -2.31. The molecule has 0 saturated carbocycles. The maximum atomic E-state index is 14.4. The molecule has 0 unspecified atom stereocenters. The average molecular weight is 964 g/mol. The highest BCUT2D eigenvalue weighted by Crippen LogP contribution is 2.22. The largest absolute Gasteiger partial charge is 0.508 e. The standard InChI is InChI=1S/C42H61N9O15S/c1-21(2)16-26(37(60)49-29(19-32(44)53)41(64)51-14-5-7-31(51)42(65)66)46-38(61)27(20-34(56)57)47-39(62)30-6-4-13-50(30)40(63)28(17-22-8-10-23(52)11-9-22)48-36(59)25(12-15-67-3)45-35(58)24(43)18-33(54)55/h8-11,21,24-31,52H,4-7,12-20,43H2,1-3H3,(H2,44,53)(H,45,58)(H,46,61)(H,47,62)(H,48,59)(H,49,60)(H,54,55)(H,56,57)(H,65,66)/t24-,25-,26-,27-,28-,29-,30-,31-/m0/s1. The van der Waals surface area contributed by atoms with Crippen molar-refractivity contribution in [1.82, 2.24) is 36.4 Å². The zero-order valence-corrected chi connectivity index (χ0v) is 38.3. The minimum absolute atomic E-state index is 0.0161. The number of nitrogens with zero attached hydrogens (tertiary/aromatic N) is 2. The Morgan fingerprint density at radius 1 is 0.672 bits per heavy atom.